The summed E-state index contributed by atoms with van der Waals surface area (Å²) in [4.78, 5) is 6.70. The molecular formula is C26H26N2. The molecule has 2 nitrogen and oxygen atoms in total. The van der Waals surface area contributed by atoms with E-state index in [0.29, 0.717) is 5.92 Å². The van der Waals surface area contributed by atoms with Crippen LogP contribution in [0.3, 0.4) is 0 Å². The van der Waals surface area contributed by atoms with E-state index in [0.717, 1.165) is 6.42 Å². The Kier molecular flexibility index (Phi) is 3.83. The van der Waals surface area contributed by atoms with Crippen LogP contribution in [-0.4, -0.2) is 9.97 Å². The quantitative estimate of drug-likeness (QED) is 0.363. The fraction of sp³-hybridized carbons (Fsp3) is 0.231. The van der Waals surface area contributed by atoms with Crippen molar-refractivity contribution in [3.63, 3.8) is 0 Å². The van der Waals surface area contributed by atoms with Crippen LogP contribution in [0.1, 0.15) is 49.8 Å². The minimum absolute atomic E-state index is 0.0238. The Morgan fingerprint density at radius 2 is 1.71 bits per heavy atom. The summed E-state index contributed by atoms with van der Waals surface area (Å²) >= 11 is 0. The van der Waals surface area contributed by atoms with Gasteiger partial charge in [0, 0.05) is 34.8 Å². The summed E-state index contributed by atoms with van der Waals surface area (Å²) in [7, 11) is 0. The third-order valence-corrected chi connectivity index (χ3v) is 6.14. The molecule has 4 aromatic rings. The predicted molar refractivity (Wildman–Crippen MR) is 120 cm³/mol. The fourth-order valence-electron chi connectivity index (χ4n) is 4.75. The molecule has 1 aliphatic carbocycles. The molecule has 2 N–H and O–H groups in total. The van der Waals surface area contributed by atoms with Gasteiger partial charge in [0.25, 0.3) is 0 Å². The zero-order valence-corrected chi connectivity index (χ0v) is 16.7. The number of rotatable bonds is 3. The molecule has 1 aliphatic rings. The van der Waals surface area contributed by atoms with E-state index >= 15 is 0 Å². The number of aromatic nitrogens is 2. The van der Waals surface area contributed by atoms with E-state index in [1.54, 1.807) is 0 Å². The average molecular weight is 367 g/mol. The van der Waals surface area contributed by atoms with Gasteiger partial charge >= 0.3 is 0 Å². The van der Waals surface area contributed by atoms with Gasteiger partial charge in [-0.1, -0.05) is 42.9 Å². The minimum atomic E-state index is 0.0238. The van der Waals surface area contributed by atoms with Crippen LogP contribution in [0, 0.1) is 0 Å². The van der Waals surface area contributed by atoms with Gasteiger partial charge in [-0.2, -0.15) is 0 Å². The number of nitrogens with one attached hydrogen (secondary N) is 2. The SMILES string of the molecule is CC(C)=C[C@H]1C[C@](C)(C=Cc2ccc3cc[nH]c3c2)c2cc3[nH]ccc3cc21. The first kappa shape index (κ1) is 17.1. The Morgan fingerprint density at radius 1 is 0.964 bits per heavy atom. The van der Waals surface area contributed by atoms with Crippen molar-refractivity contribution < 1.29 is 0 Å². The molecule has 2 heteroatoms. The standard InChI is InChI=1S/C26H26N2/c1-17(2)12-21-16-26(3,23-15-25-20(8-11-28-25)14-22(21)23)9-6-18-4-5-19-7-10-27-24(19)13-18/h4-15,21,27-28H,16H2,1-3H3/t21-,26-/m0/s1. The predicted octanol–water partition coefficient (Wildman–Crippen LogP) is 7.07. The third-order valence-electron chi connectivity index (χ3n) is 6.14. The number of hydrogen-bond donors (Lipinski definition) is 2. The molecule has 0 saturated heterocycles. The smallest absolute Gasteiger partial charge is 0.0459 e. The highest BCUT2D eigenvalue weighted by Crippen LogP contribution is 2.49. The van der Waals surface area contributed by atoms with Gasteiger partial charge in [-0.15, -0.1) is 0 Å². The highest BCUT2D eigenvalue weighted by molar-refractivity contribution is 5.83. The number of fused-ring (bicyclic) bond motifs is 3. The lowest BCUT2D eigenvalue weighted by Crippen LogP contribution is -2.14. The lowest BCUT2D eigenvalue weighted by atomic mass is 9.82. The molecule has 0 aliphatic heterocycles. The Balaban J connectivity index is 1.59. The van der Waals surface area contributed by atoms with Gasteiger partial charge in [-0.05, 0) is 78.1 Å². The molecule has 2 aromatic carbocycles. The highest BCUT2D eigenvalue weighted by Gasteiger charge is 2.37. The van der Waals surface area contributed by atoms with E-state index in [9.17, 15) is 0 Å². The second-order valence-corrected chi connectivity index (χ2v) is 8.63. The second-order valence-electron chi connectivity index (χ2n) is 8.63. The second kappa shape index (κ2) is 6.27. The van der Waals surface area contributed by atoms with Crippen molar-refractivity contribution in [3.8, 4) is 0 Å². The van der Waals surface area contributed by atoms with E-state index in [-0.39, 0.29) is 5.41 Å². The molecular weight excluding hydrogens is 340 g/mol. The van der Waals surface area contributed by atoms with E-state index < -0.39 is 0 Å². The van der Waals surface area contributed by atoms with Gasteiger partial charge in [-0.25, -0.2) is 0 Å². The molecule has 0 amide bonds. The molecule has 2 aromatic heterocycles. The van der Waals surface area contributed by atoms with Crippen LogP contribution in [0.2, 0.25) is 0 Å². The Hall–Kier alpha value is -3.00. The number of H-pyrrole nitrogens is 2. The average Bonchev–Trinajstić information content (AvgIpc) is 3.37. The number of allylic oxidation sites excluding steroid dienone is 3. The Bertz CT molecular complexity index is 1230. The van der Waals surface area contributed by atoms with E-state index in [1.807, 2.05) is 12.4 Å². The molecule has 140 valence electrons. The maximum atomic E-state index is 3.39. The lowest BCUT2D eigenvalue weighted by molar-refractivity contribution is 0.566. The summed E-state index contributed by atoms with van der Waals surface area (Å²) in [5.41, 5.74) is 7.98. The molecule has 0 saturated carbocycles. The molecule has 2 heterocycles. The van der Waals surface area contributed by atoms with Gasteiger partial charge in [0.2, 0.25) is 0 Å². The van der Waals surface area contributed by atoms with Crippen molar-refractivity contribution in [2.45, 2.75) is 38.5 Å². The molecule has 28 heavy (non-hydrogen) atoms. The van der Waals surface area contributed by atoms with Crippen LogP contribution in [0.4, 0.5) is 0 Å². The van der Waals surface area contributed by atoms with Crippen LogP contribution < -0.4 is 0 Å². The summed E-state index contributed by atoms with van der Waals surface area (Å²) < 4.78 is 0. The highest BCUT2D eigenvalue weighted by atomic mass is 14.7. The molecule has 0 fully saturated rings. The first-order valence-corrected chi connectivity index (χ1v) is 10.0. The Labute approximate surface area is 166 Å². The molecule has 5 rings (SSSR count). The van der Waals surface area contributed by atoms with Crippen molar-refractivity contribution in [1.29, 1.82) is 0 Å². The first-order valence-electron chi connectivity index (χ1n) is 10.0. The largest absolute Gasteiger partial charge is 0.361 e. The number of aromatic amines is 2. The van der Waals surface area contributed by atoms with Crippen molar-refractivity contribution in [2.75, 3.05) is 0 Å². The van der Waals surface area contributed by atoms with Gasteiger partial charge in [0.05, 0.1) is 0 Å². The van der Waals surface area contributed by atoms with Crippen molar-refractivity contribution in [3.05, 3.63) is 89.3 Å². The van der Waals surface area contributed by atoms with Crippen molar-refractivity contribution in [2.24, 2.45) is 0 Å². The van der Waals surface area contributed by atoms with E-state index in [1.165, 1.54) is 44.1 Å². The molecule has 0 bridgehead atoms. The fourth-order valence-corrected chi connectivity index (χ4v) is 4.75. The van der Waals surface area contributed by atoms with Crippen LogP contribution in [0.25, 0.3) is 27.9 Å². The van der Waals surface area contributed by atoms with E-state index in [2.05, 4.69) is 91.4 Å². The summed E-state index contributed by atoms with van der Waals surface area (Å²) in [6.45, 7) is 6.78. The molecule has 2 atom stereocenters. The molecule has 0 radical (unpaired) electrons. The van der Waals surface area contributed by atoms with Gasteiger partial charge < -0.3 is 9.97 Å². The minimum Gasteiger partial charge on any atom is -0.361 e. The maximum Gasteiger partial charge on any atom is 0.0459 e. The Morgan fingerprint density at radius 3 is 2.50 bits per heavy atom. The summed E-state index contributed by atoms with van der Waals surface area (Å²) in [5, 5.41) is 2.56. The topological polar surface area (TPSA) is 31.6 Å². The van der Waals surface area contributed by atoms with E-state index in [4.69, 9.17) is 0 Å². The number of hydrogen-bond acceptors (Lipinski definition) is 0. The first-order chi connectivity index (χ1) is 13.5. The third kappa shape index (κ3) is 2.80. The molecule has 0 unspecified atom stereocenters. The normalized spacial score (nSPS) is 21.6. The molecule has 0 spiro atoms. The van der Waals surface area contributed by atoms with Crippen molar-refractivity contribution >= 4 is 27.9 Å². The van der Waals surface area contributed by atoms with Crippen LogP contribution in [0.15, 0.2) is 72.6 Å². The summed E-state index contributed by atoms with van der Waals surface area (Å²) in [5.74, 6) is 0.472. The summed E-state index contributed by atoms with van der Waals surface area (Å²) in [6.07, 6.45) is 12.3. The van der Waals surface area contributed by atoms with Crippen molar-refractivity contribution in [1.82, 2.24) is 9.97 Å². The van der Waals surface area contributed by atoms with Crippen LogP contribution >= 0.6 is 0 Å². The van der Waals surface area contributed by atoms with Crippen LogP contribution in [-0.2, 0) is 5.41 Å². The monoisotopic (exact) mass is 366 g/mol. The summed E-state index contributed by atoms with van der Waals surface area (Å²) in [6, 6.07) is 15.7. The number of benzene rings is 2. The van der Waals surface area contributed by atoms with Gasteiger partial charge in [-0.3, -0.25) is 0 Å². The van der Waals surface area contributed by atoms with Gasteiger partial charge in [0.15, 0.2) is 0 Å². The van der Waals surface area contributed by atoms with Crippen LogP contribution in [0.5, 0.6) is 0 Å². The van der Waals surface area contributed by atoms with Gasteiger partial charge in [0.1, 0.15) is 0 Å². The zero-order chi connectivity index (χ0) is 19.3. The zero-order valence-electron chi connectivity index (χ0n) is 16.7. The maximum absolute atomic E-state index is 3.39. The lowest BCUT2D eigenvalue weighted by Gasteiger charge is -2.21.